The Hall–Kier alpha value is -2.25. The summed E-state index contributed by atoms with van der Waals surface area (Å²) in [4.78, 5) is 40.1. The second kappa shape index (κ2) is 6.81. The first-order chi connectivity index (χ1) is 12.3. The molecule has 1 amide bonds. The maximum absolute atomic E-state index is 12.5. The molecule has 0 saturated carbocycles. The average Bonchev–Trinajstić information content (AvgIpc) is 2.95. The fraction of sp³-hybridized carbons (Fsp3) is 0.353. The Morgan fingerprint density at radius 1 is 1.35 bits per heavy atom. The highest BCUT2D eigenvalue weighted by atomic mass is 35.5. The molecule has 0 aliphatic carbocycles. The lowest BCUT2D eigenvalue weighted by atomic mass is 10.0. The minimum absolute atomic E-state index is 0.116. The molecule has 1 aliphatic heterocycles. The third-order valence-electron chi connectivity index (χ3n) is 4.45. The maximum Gasteiger partial charge on any atom is 0.303 e. The number of hydrogen-bond acceptors (Lipinski definition) is 5. The number of aromatic nitrogens is 1. The molecule has 0 spiro atoms. The molecule has 0 saturated heterocycles. The first kappa shape index (κ1) is 18.5. The van der Waals surface area contributed by atoms with Gasteiger partial charge in [0.25, 0.3) is 11.5 Å². The quantitative estimate of drug-likeness (QED) is 0.802. The van der Waals surface area contributed by atoms with Crippen LogP contribution in [0.1, 0.15) is 31.0 Å². The summed E-state index contributed by atoms with van der Waals surface area (Å²) in [6.45, 7) is 2.76. The van der Waals surface area contributed by atoms with Crippen molar-refractivity contribution in [2.24, 2.45) is 0 Å². The number of amides is 1. The number of methoxy groups -OCH3 is 1. The molecule has 1 atom stereocenters. The first-order valence-electron chi connectivity index (χ1n) is 7.79. The zero-order chi connectivity index (χ0) is 19.2. The molecule has 26 heavy (non-hydrogen) atoms. The van der Waals surface area contributed by atoms with E-state index in [9.17, 15) is 14.4 Å². The molecule has 138 valence electrons. The molecule has 2 aromatic rings. The molecule has 0 radical (unpaired) electrons. The summed E-state index contributed by atoms with van der Waals surface area (Å²) in [6.07, 6.45) is 0. The van der Waals surface area contributed by atoms with Crippen LogP contribution >= 0.6 is 23.2 Å². The van der Waals surface area contributed by atoms with Crippen molar-refractivity contribution in [2.75, 3.05) is 13.7 Å². The van der Waals surface area contributed by atoms with Crippen molar-refractivity contribution in [3.8, 4) is 5.75 Å². The van der Waals surface area contributed by atoms with E-state index in [4.69, 9.17) is 32.7 Å². The average molecular weight is 399 g/mol. The zero-order valence-electron chi connectivity index (χ0n) is 14.3. The molecule has 0 fully saturated rings. The number of hydrogen-bond donors (Lipinski definition) is 1. The van der Waals surface area contributed by atoms with Gasteiger partial charge in [-0.15, -0.1) is 0 Å². The number of nitrogens with zero attached hydrogens (tertiary/aromatic N) is 1. The number of fused-ring (bicyclic) bond motifs is 3. The van der Waals surface area contributed by atoms with Gasteiger partial charge in [0.1, 0.15) is 10.8 Å². The van der Waals surface area contributed by atoms with Gasteiger partial charge in [-0.3, -0.25) is 14.4 Å². The predicted molar refractivity (Wildman–Crippen MR) is 96.7 cm³/mol. The van der Waals surface area contributed by atoms with Gasteiger partial charge in [0, 0.05) is 17.9 Å². The Bertz CT molecular complexity index is 986. The molecule has 3 rings (SSSR count). The minimum Gasteiger partial charge on any atom is -0.495 e. The SMILES string of the molecule is COc1cc2c3c(c(=O)[nH]c2c(Cl)c1Cl)CN(C(=O)COC(C)=O)[C@H]3C. The monoisotopic (exact) mass is 398 g/mol. The van der Waals surface area contributed by atoms with Gasteiger partial charge in [0.15, 0.2) is 6.61 Å². The van der Waals surface area contributed by atoms with E-state index in [0.29, 0.717) is 27.8 Å². The normalized spacial score (nSPS) is 15.9. The highest BCUT2D eigenvalue weighted by Gasteiger charge is 2.35. The summed E-state index contributed by atoms with van der Waals surface area (Å²) in [5.74, 6) is -0.559. The van der Waals surface area contributed by atoms with Crippen LogP contribution < -0.4 is 10.3 Å². The van der Waals surface area contributed by atoms with Gasteiger partial charge in [-0.25, -0.2) is 0 Å². The zero-order valence-corrected chi connectivity index (χ0v) is 15.8. The summed E-state index contributed by atoms with van der Waals surface area (Å²) in [5.41, 5.74) is 1.19. The smallest absolute Gasteiger partial charge is 0.303 e. The van der Waals surface area contributed by atoms with Crippen LogP contribution in [0.3, 0.4) is 0 Å². The lowest BCUT2D eigenvalue weighted by Crippen LogP contribution is -2.32. The summed E-state index contributed by atoms with van der Waals surface area (Å²) >= 11 is 12.5. The number of benzene rings is 1. The Labute approximate surface area is 158 Å². The van der Waals surface area contributed by atoms with Gasteiger partial charge in [-0.2, -0.15) is 0 Å². The van der Waals surface area contributed by atoms with Crippen molar-refractivity contribution in [1.29, 1.82) is 0 Å². The van der Waals surface area contributed by atoms with Crippen LogP contribution in [0, 0.1) is 0 Å². The summed E-state index contributed by atoms with van der Waals surface area (Å²) in [6, 6.07) is 1.29. The minimum atomic E-state index is -0.544. The molecule has 0 bridgehead atoms. The molecule has 2 heterocycles. The van der Waals surface area contributed by atoms with Crippen LogP contribution in [0.2, 0.25) is 10.0 Å². The van der Waals surface area contributed by atoms with Crippen molar-refractivity contribution >= 4 is 46.0 Å². The van der Waals surface area contributed by atoms with Gasteiger partial charge in [-0.05, 0) is 18.6 Å². The topological polar surface area (TPSA) is 88.7 Å². The number of H-pyrrole nitrogens is 1. The fourth-order valence-corrected chi connectivity index (χ4v) is 3.68. The number of halogens is 2. The Morgan fingerprint density at radius 3 is 2.65 bits per heavy atom. The number of carbonyl (C=O) groups excluding carboxylic acids is 2. The van der Waals surface area contributed by atoms with Gasteiger partial charge < -0.3 is 19.4 Å². The molecule has 1 aromatic heterocycles. The van der Waals surface area contributed by atoms with E-state index >= 15 is 0 Å². The second-order valence-corrected chi connectivity index (χ2v) is 6.71. The van der Waals surface area contributed by atoms with E-state index < -0.39 is 12.0 Å². The van der Waals surface area contributed by atoms with Crippen LogP contribution in [0.15, 0.2) is 10.9 Å². The largest absolute Gasteiger partial charge is 0.495 e. The molecule has 1 aliphatic rings. The van der Waals surface area contributed by atoms with E-state index in [0.717, 1.165) is 0 Å². The number of rotatable bonds is 3. The third-order valence-corrected chi connectivity index (χ3v) is 5.30. The van der Waals surface area contributed by atoms with E-state index in [1.807, 2.05) is 0 Å². The summed E-state index contributed by atoms with van der Waals surface area (Å²) in [7, 11) is 1.47. The molecule has 9 heteroatoms. The van der Waals surface area contributed by atoms with Crippen molar-refractivity contribution in [3.05, 3.63) is 37.6 Å². The maximum atomic E-state index is 12.5. The van der Waals surface area contributed by atoms with Crippen LogP contribution in [-0.2, 0) is 20.9 Å². The lowest BCUT2D eigenvalue weighted by Gasteiger charge is -2.22. The van der Waals surface area contributed by atoms with Crippen molar-refractivity contribution in [2.45, 2.75) is 26.4 Å². The predicted octanol–water partition coefficient (Wildman–Crippen LogP) is 2.81. The van der Waals surface area contributed by atoms with Crippen molar-refractivity contribution in [1.82, 2.24) is 9.88 Å². The first-order valence-corrected chi connectivity index (χ1v) is 8.55. The molecular formula is C17H16Cl2N2O5. The van der Waals surface area contributed by atoms with Gasteiger partial charge in [0.2, 0.25) is 0 Å². The van der Waals surface area contributed by atoms with Crippen molar-refractivity contribution < 1.29 is 19.1 Å². The Morgan fingerprint density at radius 2 is 2.04 bits per heavy atom. The Balaban J connectivity index is 2.13. The third kappa shape index (κ3) is 2.91. The molecule has 0 unspecified atom stereocenters. The van der Waals surface area contributed by atoms with Crippen molar-refractivity contribution in [3.63, 3.8) is 0 Å². The number of esters is 1. The van der Waals surface area contributed by atoms with E-state index in [1.54, 1.807) is 13.0 Å². The van der Waals surface area contributed by atoms with Crippen LogP contribution in [0.4, 0.5) is 0 Å². The number of aromatic amines is 1. The molecule has 1 N–H and O–H groups in total. The van der Waals surface area contributed by atoms with E-state index in [1.165, 1.54) is 18.9 Å². The fourth-order valence-electron chi connectivity index (χ4n) is 3.21. The Kier molecular flexibility index (Phi) is 4.86. The molecule has 7 nitrogen and oxygen atoms in total. The van der Waals surface area contributed by atoms with Gasteiger partial charge in [-0.1, -0.05) is 23.2 Å². The van der Waals surface area contributed by atoms with Gasteiger partial charge in [0.05, 0.1) is 30.2 Å². The summed E-state index contributed by atoms with van der Waals surface area (Å²) < 4.78 is 10.0. The summed E-state index contributed by atoms with van der Waals surface area (Å²) in [5, 5.41) is 1.03. The highest BCUT2D eigenvalue weighted by Crippen LogP contribution is 2.43. The van der Waals surface area contributed by atoms with Crippen LogP contribution in [0.5, 0.6) is 5.75 Å². The number of pyridine rings is 1. The number of nitrogens with one attached hydrogen (secondary N) is 1. The second-order valence-electron chi connectivity index (χ2n) is 5.95. The van der Waals surface area contributed by atoms with Gasteiger partial charge >= 0.3 is 5.97 Å². The van der Waals surface area contributed by atoms with Crippen LogP contribution in [0.25, 0.3) is 10.9 Å². The van der Waals surface area contributed by atoms with E-state index in [2.05, 4.69) is 4.98 Å². The number of ether oxygens (including phenoxy) is 2. The lowest BCUT2D eigenvalue weighted by molar-refractivity contribution is -0.151. The standard InChI is InChI=1S/C17H16Cl2N2O5/c1-7-13-9-4-11(25-3)14(18)15(19)16(9)20-17(24)10(13)5-21(7)12(23)6-26-8(2)22/h4,7H,5-6H2,1-3H3,(H,20,24)/t7-/m0/s1. The molecule has 1 aromatic carbocycles. The molecular weight excluding hydrogens is 383 g/mol. The van der Waals surface area contributed by atoms with E-state index in [-0.39, 0.29) is 34.7 Å². The van der Waals surface area contributed by atoms with Crippen LogP contribution in [-0.4, -0.2) is 35.5 Å². The number of carbonyl (C=O) groups is 2. The highest BCUT2D eigenvalue weighted by molar-refractivity contribution is 6.46.